The van der Waals surface area contributed by atoms with E-state index in [0.717, 1.165) is 6.08 Å². The number of nitrogens with zero attached hydrogens (tertiary/aromatic N) is 1. The minimum atomic E-state index is -0.711. The maximum absolute atomic E-state index is 11.7. The molecular weight excluding hydrogens is 370 g/mol. The molecule has 1 aromatic heterocycles. The van der Waals surface area contributed by atoms with Crippen molar-refractivity contribution in [1.29, 1.82) is 0 Å². The maximum atomic E-state index is 11.7. The molecule has 10 heteroatoms. The number of esters is 1. The van der Waals surface area contributed by atoms with Crippen LogP contribution in [-0.2, 0) is 19.1 Å². The van der Waals surface area contributed by atoms with Crippen LogP contribution >= 0.6 is 0 Å². The molecule has 2 amide bonds. The van der Waals surface area contributed by atoms with Gasteiger partial charge in [-0.2, -0.15) is 0 Å². The molecule has 0 spiro atoms. The minimum absolute atomic E-state index is 0.167. The highest BCUT2D eigenvalue weighted by atomic mass is 16.5. The molecule has 10 nitrogen and oxygen atoms in total. The van der Waals surface area contributed by atoms with Gasteiger partial charge in [-0.25, -0.2) is 4.79 Å². The molecule has 1 aromatic carbocycles. The van der Waals surface area contributed by atoms with Crippen LogP contribution in [0.1, 0.15) is 11.3 Å². The van der Waals surface area contributed by atoms with Crippen molar-refractivity contribution >= 4 is 29.7 Å². The number of carbonyl (C=O) groups excluding carboxylic acids is 3. The Kier molecular flexibility index (Phi) is 7.14. The Morgan fingerprint density at radius 1 is 1.21 bits per heavy atom. The smallest absolute Gasteiger partial charge is 0.331 e. The summed E-state index contributed by atoms with van der Waals surface area (Å²) in [7, 11) is 1.43. The van der Waals surface area contributed by atoms with Crippen LogP contribution in [0.3, 0.4) is 0 Å². The quantitative estimate of drug-likeness (QED) is 0.478. The number of anilines is 1. The Balaban J connectivity index is 1.87. The summed E-state index contributed by atoms with van der Waals surface area (Å²) in [4.78, 5) is 34.2. The van der Waals surface area contributed by atoms with Gasteiger partial charge in [-0.3, -0.25) is 14.9 Å². The molecule has 2 rings (SSSR count). The Hall–Kier alpha value is -3.82. The van der Waals surface area contributed by atoms with Crippen molar-refractivity contribution in [2.24, 2.45) is 5.73 Å². The van der Waals surface area contributed by atoms with Gasteiger partial charge in [-0.05, 0) is 30.7 Å². The first kappa shape index (κ1) is 20.5. The monoisotopic (exact) mass is 389 g/mol. The van der Waals surface area contributed by atoms with Crippen molar-refractivity contribution in [1.82, 2.24) is 5.16 Å². The molecule has 148 valence electrons. The van der Waals surface area contributed by atoms with Crippen LogP contribution < -0.4 is 20.5 Å². The lowest BCUT2D eigenvalue weighted by Gasteiger charge is -2.09. The second-order valence-corrected chi connectivity index (χ2v) is 5.49. The number of rotatable bonds is 9. The van der Waals surface area contributed by atoms with E-state index in [9.17, 15) is 14.4 Å². The molecule has 0 unspecified atom stereocenters. The van der Waals surface area contributed by atoms with Crippen molar-refractivity contribution in [2.45, 2.75) is 6.92 Å². The van der Waals surface area contributed by atoms with Crippen LogP contribution in [0.5, 0.6) is 11.5 Å². The fourth-order valence-corrected chi connectivity index (χ4v) is 2.00. The van der Waals surface area contributed by atoms with E-state index in [1.807, 2.05) is 0 Å². The zero-order valence-electron chi connectivity index (χ0n) is 15.3. The number of nitrogens with one attached hydrogen (secondary N) is 1. The summed E-state index contributed by atoms with van der Waals surface area (Å²) in [5.41, 5.74) is 6.25. The number of aryl methyl sites for hydroxylation is 1. The van der Waals surface area contributed by atoms with Gasteiger partial charge in [-0.15, -0.1) is 0 Å². The predicted octanol–water partition coefficient (Wildman–Crippen LogP) is 1.05. The molecule has 0 radical (unpaired) electrons. The van der Waals surface area contributed by atoms with Crippen molar-refractivity contribution in [3.63, 3.8) is 0 Å². The number of ether oxygens (including phenoxy) is 3. The number of hydrogen-bond donors (Lipinski definition) is 2. The van der Waals surface area contributed by atoms with Gasteiger partial charge in [0.25, 0.3) is 11.8 Å². The molecule has 2 aromatic rings. The first-order valence-electron chi connectivity index (χ1n) is 8.04. The normalized spacial score (nSPS) is 10.5. The third-order valence-corrected chi connectivity index (χ3v) is 3.21. The first-order chi connectivity index (χ1) is 13.4. The number of nitrogens with two attached hydrogens (primary N) is 1. The largest absolute Gasteiger partial charge is 0.493 e. The fourth-order valence-electron chi connectivity index (χ4n) is 2.00. The SMILES string of the molecule is COc1cc(/C=C/C(=O)OCC(=O)Nc2cc(C)no2)ccc1OCC(N)=O. The molecule has 0 aliphatic rings. The zero-order valence-corrected chi connectivity index (χ0v) is 15.3. The molecule has 0 aliphatic carbocycles. The number of aromatic nitrogens is 1. The number of hydrogen-bond acceptors (Lipinski definition) is 8. The number of benzene rings is 1. The van der Waals surface area contributed by atoms with Gasteiger partial charge in [-0.1, -0.05) is 11.2 Å². The van der Waals surface area contributed by atoms with Crippen LogP contribution in [0.4, 0.5) is 5.88 Å². The summed E-state index contributed by atoms with van der Waals surface area (Å²) in [6.07, 6.45) is 2.63. The van der Waals surface area contributed by atoms with Gasteiger partial charge in [0.1, 0.15) is 0 Å². The third kappa shape index (κ3) is 6.48. The Bertz CT molecular complexity index is 889. The van der Waals surface area contributed by atoms with Gasteiger partial charge in [0.05, 0.1) is 12.8 Å². The maximum Gasteiger partial charge on any atom is 0.331 e. The molecule has 28 heavy (non-hydrogen) atoms. The standard InChI is InChI=1S/C18H19N3O7/c1-11-7-17(28-21-11)20-16(23)10-27-18(24)6-4-12-3-5-13(14(8-12)25-2)26-9-15(19)22/h3-8H,9-10H2,1-2H3,(H2,19,22)(H,20,23)/b6-4+. The van der Waals surface area contributed by atoms with Crippen molar-refractivity contribution in [3.8, 4) is 11.5 Å². The van der Waals surface area contributed by atoms with Gasteiger partial charge < -0.3 is 24.5 Å². The Labute approximate surface area is 160 Å². The summed E-state index contributed by atoms with van der Waals surface area (Å²) >= 11 is 0. The summed E-state index contributed by atoms with van der Waals surface area (Å²) in [5, 5.41) is 6.02. The molecule has 0 aliphatic heterocycles. The van der Waals surface area contributed by atoms with Crippen LogP contribution in [0.2, 0.25) is 0 Å². The summed E-state index contributed by atoms with van der Waals surface area (Å²) in [6.45, 7) is 0.940. The third-order valence-electron chi connectivity index (χ3n) is 3.21. The molecule has 0 bridgehead atoms. The van der Waals surface area contributed by atoms with Crippen LogP contribution in [-0.4, -0.2) is 43.3 Å². The first-order valence-corrected chi connectivity index (χ1v) is 8.04. The highest BCUT2D eigenvalue weighted by molar-refractivity contribution is 5.93. The highest BCUT2D eigenvalue weighted by Crippen LogP contribution is 2.28. The van der Waals surface area contributed by atoms with Gasteiger partial charge in [0, 0.05) is 12.1 Å². The topological polar surface area (TPSA) is 143 Å². The average molecular weight is 389 g/mol. The molecular formula is C18H19N3O7. The number of carbonyl (C=O) groups is 3. The average Bonchev–Trinajstić information content (AvgIpc) is 3.07. The van der Waals surface area contributed by atoms with Gasteiger partial charge in [0.2, 0.25) is 5.88 Å². The predicted molar refractivity (Wildman–Crippen MR) is 97.5 cm³/mol. The van der Waals surface area contributed by atoms with E-state index in [1.54, 1.807) is 25.1 Å². The van der Waals surface area contributed by atoms with E-state index < -0.39 is 24.4 Å². The lowest BCUT2D eigenvalue weighted by Crippen LogP contribution is -2.20. The van der Waals surface area contributed by atoms with E-state index in [2.05, 4.69) is 10.5 Å². The molecule has 0 saturated heterocycles. The van der Waals surface area contributed by atoms with Crippen LogP contribution in [0, 0.1) is 6.92 Å². The Morgan fingerprint density at radius 3 is 2.64 bits per heavy atom. The number of methoxy groups -OCH3 is 1. The molecule has 0 saturated carbocycles. The summed E-state index contributed by atoms with van der Waals surface area (Å²) < 4.78 is 20.0. The van der Waals surface area contributed by atoms with E-state index >= 15 is 0 Å². The number of primary amides is 1. The number of amides is 2. The molecule has 0 atom stereocenters. The van der Waals surface area contributed by atoms with Crippen molar-refractivity contribution < 1.29 is 33.1 Å². The van der Waals surface area contributed by atoms with E-state index in [4.69, 9.17) is 24.5 Å². The van der Waals surface area contributed by atoms with E-state index in [-0.39, 0.29) is 12.5 Å². The Morgan fingerprint density at radius 2 is 2.00 bits per heavy atom. The summed E-state index contributed by atoms with van der Waals surface area (Å²) in [6, 6.07) is 6.34. The lowest BCUT2D eigenvalue weighted by molar-refractivity contribution is -0.142. The van der Waals surface area contributed by atoms with Crippen molar-refractivity contribution in [3.05, 3.63) is 41.6 Å². The van der Waals surface area contributed by atoms with E-state index in [0.29, 0.717) is 22.8 Å². The van der Waals surface area contributed by atoms with Crippen LogP contribution in [0.15, 0.2) is 34.9 Å². The zero-order chi connectivity index (χ0) is 20.5. The van der Waals surface area contributed by atoms with E-state index in [1.165, 1.54) is 19.3 Å². The van der Waals surface area contributed by atoms with Gasteiger partial charge in [0.15, 0.2) is 24.7 Å². The van der Waals surface area contributed by atoms with Crippen molar-refractivity contribution in [2.75, 3.05) is 25.6 Å². The van der Waals surface area contributed by atoms with Crippen LogP contribution in [0.25, 0.3) is 6.08 Å². The van der Waals surface area contributed by atoms with Gasteiger partial charge >= 0.3 is 5.97 Å². The second-order valence-electron chi connectivity index (χ2n) is 5.49. The lowest BCUT2D eigenvalue weighted by atomic mass is 10.2. The second kappa shape index (κ2) is 9.76. The highest BCUT2D eigenvalue weighted by Gasteiger charge is 2.09. The minimum Gasteiger partial charge on any atom is -0.493 e. The molecule has 0 fully saturated rings. The fraction of sp³-hybridized carbons (Fsp3) is 0.222. The molecule has 1 heterocycles. The molecule has 3 N–H and O–H groups in total. The summed E-state index contributed by atoms with van der Waals surface area (Å²) in [5.74, 6) is -1.03.